The topological polar surface area (TPSA) is 90.9 Å². The van der Waals surface area contributed by atoms with Crippen LogP contribution in [0.15, 0.2) is 4.79 Å². The highest BCUT2D eigenvalue weighted by atomic mass is 16.5. The van der Waals surface area contributed by atoms with Gasteiger partial charge in [-0.25, -0.2) is 4.98 Å². The Bertz CT molecular complexity index is 594. The van der Waals surface area contributed by atoms with Gasteiger partial charge in [-0.1, -0.05) is 19.3 Å². The van der Waals surface area contributed by atoms with Crippen molar-refractivity contribution in [3.8, 4) is 0 Å². The monoisotopic (exact) mass is 304 g/mol. The molecule has 1 aromatic rings. The summed E-state index contributed by atoms with van der Waals surface area (Å²) in [5.74, 6) is 1.93. The minimum atomic E-state index is -0.220. The van der Waals surface area contributed by atoms with Gasteiger partial charge in [-0.05, 0) is 25.7 Å². The molecule has 22 heavy (non-hydrogen) atoms. The summed E-state index contributed by atoms with van der Waals surface area (Å²) in [6.07, 6.45) is 7.63. The van der Waals surface area contributed by atoms with Crippen molar-refractivity contribution in [3.05, 3.63) is 21.7 Å². The summed E-state index contributed by atoms with van der Waals surface area (Å²) in [6.45, 7) is 2.77. The van der Waals surface area contributed by atoms with Gasteiger partial charge in [0, 0.05) is 25.3 Å². The van der Waals surface area contributed by atoms with Gasteiger partial charge in [0.1, 0.15) is 11.6 Å². The van der Waals surface area contributed by atoms with E-state index in [0.29, 0.717) is 17.3 Å². The Balaban J connectivity index is 1.80. The van der Waals surface area contributed by atoms with Gasteiger partial charge in [0.25, 0.3) is 5.56 Å². The molecule has 1 saturated carbocycles. The van der Waals surface area contributed by atoms with E-state index in [4.69, 9.17) is 10.1 Å². The van der Waals surface area contributed by atoms with Crippen LogP contribution in [0.1, 0.15) is 50.4 Å². The first-order valence-electron chi connectivity index (χ1n) is 8.17. The molecule has 2 aliphatic rings. The maximum Gasteiger partial charge on any atom is 0.261 e. The van der Waals surface area contributed by atoms with Crippen molar-refractivity contribution in [2.75, 3.05) is 11.9 Å². The largest absolute Gasteiger partial charge is 0.378 e. The second-order valence-electron chi connectivity index (χ2n) is 6.47. The lowest BCUT2D eigenvalue weighted by atomic mass is 9.83. The summed E-state index contributed by atoms with van der Waals surface area (Å²) < 4.78 is 5.55. The maximum atomic E-state index is 12.2. The number of aromatic nitrogens is 2. The summed E-state index contributed by atoms with van der Waals surface area (Å²) in [7, 11) is 0. The van der Waals surface area contributed by atoms with Gasteiger partial charge < -0.3 is 20.4 Å². The van der Waals surface area contributed by atoms with Crippen molar-refractivity contribution in [3.63, 3.8) is 0 Å². The van der Waals surface area contributed by atoms with Gasteiger partial charge in [-0.15, -0.1) is 0 Å². The lowest BCUT2D eigenvalue weighted by Gasteiger charge is -2.29. The first-order chi connectivity index (χ1) is 10.7. The Labute approximate surface area is 130 Å². The molecular formula is C16H24N4O2. The predicted octanol–water partition coefficient (Wildman–Crippen LogP) is 2.09. The van der Waals surface area contributed by atoms with E-state index in [1.54, 1.807) is 0 Å². The van der Waals surface area contributed by atoms with Crippen LogP contribution >= 0.6 is 0 Å². The third-order valence-corrected chi connectivity index (χ3v) is 4.68. The zero-order valence-electron chi connectivity index (χ0n) is 13.0. The molecule has 1 aliphatic heterocycles. The van der Waals surface area contributed by atoms with E-state index in [-0.39, 0.29) is 17.7 Å². The quantitative estimate of drug-likeness (QED) is 0.726. The van der Waals surface area contributed by atoms with Crippen molar-refractivity contribution in [1.82, 2.24) is 9.97 Å². The highest BCUT2D eigenvalue weighted by molar-refractivity contribution is 5.83. The summed E-state index contributed by atoms with van der Waals surface area (Å²) in [5, 5.41) is 10.9. The van der Waals surface area contributed by atoms with Crippen LogP contribution in [0.3, 0.4) is 0 Å². The molecule has 1 saturated heterocycles. The van der Waals surface area contributed by atoms with Crippen molar-refractivity contribution in [1.29, 1.82) is 5.41 Å². The molecule has 0 amide bonds. The fraction of sp³-hybridized carbons (Fsp3) is 0.688. The molecule has 6 heteroatoms. The first-order valence-corrected chi connectivity index (χ1v) is 8.17. The number of hydrogen-bond acceptors (Lipinski definition) is 5. The molecule has 3 rings (SSSR count). The molecule has 0 aromatic carbocycles. The first kappa shape index (κ1) is 15.2. The number of rotatable bonds is 5. The van der Waals surface area contributed by atoms with E-state index in [0.717, 1.165) is 37.9 Å². The average Bonchev–Trinajstić information content (AvgIpc) is 2.43. The predicted molar refractivity (Wildman–Crippen MR) is 85.8 cm³/mol. The van der Waals surface area contributed by atoms with Crippen molar-refractivity contribution in [2.24, 2.45) is 5.92 Å². The number of nitrogens with one attached hydrogen (secondary N) is 3. The van der Waals surface area contributed by atoms with E-state index in [1.165, 1.54) is 19.3 Å². The summed E-state index contributed by atoms with van der Waals surface area (Å²) in [5.41, 5.74) is 0.0958. The smallest absolute Gasteiger partial charge is 0.261 e. The van der Waals surface area contributed by atoms with Crippen LogP contribution in [0.5, 0.6) is 0 Å². The van der Waals surface area contributed by atoms with E-state index < -0.39 is 0 Å². The summed E-state index contributed by atoms with van der Waals surface area (Å²) >= 11 is 0. The Morgan fingerprint density at radius 2 is 2.27 bits per heavy atom. The lowest BCUT2D eigenvalue weighted by molar-refractivity contribution is 0.0231. The minimum absolute atomic E-state index is 0.214. The lowest BCUT2D eigenvalue weighted by Crippen LogP contribution is -2.34. The maximum absolute atomic E-state index is 12.2. The van der Waals surface area contributed by atoms with Crippen LogP contribution in [0.2, 0.25) is 0 Å². The van der Waals surface area contributed by atoms with Gasteiger partial charge in [0.15, 0.2) is 0 Å². The molecular weight excluding hydrogens is 280 g/mol. The van der Waals surface area contributed by atoms with Crippen LogP contribution in [0, 0.1) is 11.3 Å². The standard InChI is InChI=1S/C16H24N4O2/c1-10-7-12(5-6-22-10)18-15-13(9-17)16(21)20-14(19-15)8-11-3-2-4-11/h9-12,17H,2-8H2,1H3,(H2,18,19,20,21)/t10-,12-/m1/s1. The molecule has 2 fully saturated rings. The highest BCUT2D eigenvalue weighted by Gasteiger charge is 2.23. The van der Waals surface area contributed by atoms with Crippen LogP contribution < -0.4 is 10.9 Å². The van der Waals surface area contributed by atoms with Gasteiger partial charge in [0.05, 0.1) is 11.7 Å². The molecule has 0 unspecified atom stereocenters. The Morgan fingerprint density at radius 1 is 1.45 bits per heavy atom. The number of nitrogens with zero attached hydrogens (tertiary/aromatic N) is 1. The number of aromatic amines is 1. The zero-order valence-corrected chi connectivity index (χ0v) is 13.0. The summed E-state index contributed by atoms with van der Waals surface area (Å²) in [6, 6.07) is 0.244. The molecule has 2 heterocycles. The second kappa shape index (κ2) is 6.60. The molecule has 3 N–H and O–H groups in total. The SMILES string of the molecule is C[C@@H]1C[C@H](Nc2nc(CC3CCC3)[nH]c(=O)c2C=N)CCO1. The zero-order chi connectivity index (χ0) is 15.5. The minimum Gasteiger partial charge on any atom is -0.378 e. The van der Waals surface area contributed by atoms with Crippen molar-refractivity contribution in [2.45, 2.75) is 57.6 Å². The molecule has 0 spiro atoms. The van der Waals surface area contributed by atoms with Gasteiger partial charge in [-0.2, -0.15) is 0 Å². The Morgan fingerprint density at radius 3 is 2.91 bits per heavy atom. The third kappa shape index (κ3) is 3.38. The van der Waals surface area contributed by atoms with Crippen LogP contribution in [-0.4, -0.2) is 34.9 Å². The Kier molecular flexibility index (Phi) is 4.57. The van der Waals surface area contributed by atoms with E-state index in [1.807, 2.05) is 0 Å². The Hall–Kier alpha value is -1.69. The normalized spacial score (nSPS) is 25.5. The van der Waals surface area contributed by atoms with Crippen LogP contribution in [-0.2, 0) is 11.2 Å². The van der Waals surface area contributed by atoms with E-state index in [2.05, 4.69) is 22.2 Å². The second-order valence-corrected chi connectivity index (χ2v) is 6.47. The number of anilines is 1. The summed E-state index contributed by atoms with van der Waals surface area (Å²) in [4.78, 5) is 19.6. The van der Waals surface area contributed by atoms with E-state index >= 15 is 0 Å². The van der Waals surface area contributed by atoms with Crippen LogP contribution in [0.4, 0.5) is 5.82 Å². The fourth-order valence-electron chi connectivity index (χ4n) is 3.16. The number of ether oxygens (including phenoxy) is 1. The van der Waals surface area contributed by atoms with Crippen LogP contribution in [0.25, 0.3) is 0 Å². The third-order valence-electron chi connectivity index (χ3n) is 4.68. The van der Waals surface area contributed by atoms with Crippen molar-refractivity contribution < 1.29 is 4.74 Å². The van der Waals surface area contributed by atoms with Crippen molar-refractivity contribution >= 4 is 12.0 Å². The molecule has 120 valence electrons. The fourth-order valence-corrected chi connectivity index (χ4v) is 3.16. The molecule has 2 atom stereocenters. The van der Waals surface area contributed by atoms with Gasteiger partial charge in [-0.3, -0.25) is 4.79 Å². The molecule has 0 radical (unpaired) electrons. The molecule has 1 aliphatic carbocycles. The van der Waals surface area contributed by atoms with Gasteiger partial charge >= 0.3 is 0 Å². The number of hydrogen-bond donors (Lipinski definition) is 3. The van der Waals surface area contributed by atoms with Gasteiger partial charge in [0.2, 0.25) is 0 Å². The highest BCUT2D eigenvalue weighted by Crippen LogP contribution is 2.29. The average molecular weight is 304 g/mol. The molecule has 0 bridgehead atoms. The van der Waals surface area contributed by atoms with E-state index in [9.17, 15) is 4.79 Å². The molecule has 1 aromatic heterocycles. The number of H-pyrrole nitrogens is 1. The molecule has 6 nitrogen and oxygen atoms in total.